The highest BCUT2D eigenvalue weighted by atomic mass is 79.9. The average molecular weight is 313 g/mol. The molecule has 0 aliphatic rings. The van der Waals surface area contributed by atoms with E-state index in [0.717, 1.165) is 0 Å². The molecule has 2 heterocycles. The van der Waals surface area contributed by atoms with Crippen molar-refractivity contribution in [2.75, 3.05) is 12.8 Å². The Labute approximate surface area is 110 Å². The minimum Gasteiger partial charge on any atom is -0.463 e. The summed E-state index contributed by atoms with van der Waals surface area (Å²) in [5.74, 6) is -0.200. The molecule has 2 aromatic heterocycles. The summed E-state index contributed by atoms with van der Waals surface area (Å²) in [7, 11) is 1.26. The van der Waals surface area contributed by atoms with E-state index in [1.54, 1.807) is 13.0 Å². The Balaban J connectivity index is 2.55. The Morgan fingerprint density at radius 3 is 2.72 bits per heavy atom. The van der Waals surface area contributed by atoms with Crippen molar-refractivity contribution >= 4 is 27.8 Å². The number of carbonyl (C=O) groups excluding carboxylic acids is 1. The predicted octanol–water partition coefficient (Wildman–Crippen LogP) is 0.497. The van der Waals surface area contributed by atoms with Crippen molar-refractivity contribution in [3.63, 3.8) is 0 Å². The van der Waals surface area contributed by atoms with E-state index in [1.165, 1.54) is 11.8 Å². The fourth-order valence-corrected chi connectivity index (χ4v) is 1.74. The van der Waals surface area contributed by atoms with Gasteiger partial charge in [-0.15, -0.1) is 5.10 Å². The Morgan fingerprint density at radius 2 is 2.17 bits per heavy atom. The third-order valence-electron chi connectivity index (χ3n) is 2.01. The van der Waals surface area contributed by atoms with Crippen LogP contribution in [0.4, 0.5) is 5.95 Å². The van der Waals surface area contributed by atoms with Crippen LogP contribution in [0.1, 0.15) is 16.3 Å². The summed E-state index contributed by atoms with van der Waals surface area (Å²) in [4.78, 5) is 23.3. The molecule has 0 radical (unpaired) electrons. The van der Waals surface area contributed by atoms with E-state index in [2.05, 4.69) is 40.7 Å². The molecule has 94 valence electrons. The van der Waals surface area contributed by atoms with Gasteiger partial charge < -0.3 is 10.5 Å². The second kappa shape index (κ2) is 4.69. The first-order chi connectivity index (χ1) is 8.51. The molecule has 8 nitrogen and oxygen atoms in total. The molecule has 0 bridgehead atoms. The number of methoxy groups -OCH3 is 1. The number of carbonyl (C=O) groups is 1. The van der Waals surface area contributed by atoms with Gasteiger partial charge in [-0.25, -0.2) is 14.8 Å². The van der Waals surface area contributed by atoms with Gasteiger partial charge in [-0.3, -0.25) is 0 Å². The average Bonchev–Trinajstić information content (AvgIpc) is 2.66. The van der Waals surface area contributed by atoms with Gasteiger partial charge in [-0.05, 0) is 22.9 Å². The van der Waals surface area contributed by atoms with Crippen LogP contribution in [0.15, 0.2) is 10.8 Å². The number of nitrogen functional groups attached to an aromatic ring is 1. The summed E-state index contributed by atoms with van der Waals surface area (Å²) in [5.41, 5.74) is 6.07. The molecule has 0 amide bonds. The number of nitrogens with two attached hydrogens (primary N) is 1. The van der Waals surface area contributed by atoms with Crippen molar-refractivity contribution in [1.29, 1.82) is 0 Å². The fourth-order valence-electron chi connectivity index (χ4n) is 1.30. The van der Waals surface area contributed by atoms with Crippen LogP contribution in [-0.2, 0) is 4.74 Å². The highest BCUT2D eigenvalue weighted by Crippen LogP contribution is 2.14. The van der Waals surface area contributed by atoms with Crippen molar-refractivity contribution in [3.8, 4) is 5.82 Å². The number of halogens is 1. The van der Waals surface area contributed by atoms with Crippen LogP contribution >= 0.6 is 15.9 Å². The van der Waals surface area contributed by atoms with Gasteiger partial charge in [0.2, 0.25) is 16.5 Å². The lowest BCUT2D eigenvalue weighted by Gasteiger charge is -2.04. The fraction of sp³-hybridized carbons (Fsp3) is 0.222. The highest BCUT2D eigenvalue weighted by molar-refractivity contribution is 9.10. The molecule has 0 fully saturated rings. The zero-order chi connectivity index (χ0) is 13.3. The predicted molar refractivity (Wildman–Crippen MR) is 65.1 cm³/mol. The summed E-state index contributed by atoms with van der Waals surface area (Å²) in [6, 6.07) is 1.64. The largest absolute Gasteiger partial charge is 0.463 e. The molecule has 0 aliphatic carbocycles. The number of esters is 1. The Bertz CT molecular complexity index is 611. The van der Waals surface area contributed by atoms with Crippen LogP contribution in [0.25, 0.3) is 5.82 Å². The molecule has 9 heteroatoms. The smallest absolute Gasteiger partial charge is 0.376 e. The molecule has 0 saturated heterocycles. The van der Waals surface area contributed by atoms with Crippen molar-refractivity contribution in [2.24, 2.45) is 0 Å². The van der Waals surface area contributed by atoms with Crippen LogP contribution in [0.3, 0.4) is 0 Å². The minimum atomic E-state index is -0.621. The van der Waals surface area contributed by atoms with Gasteiger partial charge in [0, 0.05) is 11.8 Å². The highest BCUT2D eigenvalue weighted by Gasteiger charge is 2.15. The normalized spacial score (nSPS) is 10.4. The van der Waals surface area contributed by atoms with Gasteiger partial charge in [0.15, 0.2) is 5.82 Å². The number of ether oxygens (including phenoxy) is 1. The van der Waals surface area contributed by atoms with Crippen molar-refractivity contribution in [1.82, 2.24) is 24.7 Å². The van der Waals surface area contributed by atoms with Crippen LogP contribution in [-0.4, -0.2) is 37.8 Å². The molecular weight excluding hydrogens is 304 g/mol. The number of aryl methyl sites for hydroxylation is 1. The number of hydrogen-bond donors (Lipinski definition) is 1. The molecule has 0 aromatic carbocycles. The summed E-state index contributed by atoms with van der Waals surface area (Å²) in [6.45, 7) is 1.73. The maximum absolute atomic E-state index is 11.4. The van der Waals surface area contributed by atoms with E-state index in [0.29, 0.717) is 16.2 Å². The summed E-state index contributed by atoms with van der Waals surface area (Å²) in [6.07, 6.45) is 0. The maximum Gasteiger partial charge on any atom is 0.376 e. The van der Waals surface area contributed by atoms with Crippen LogP contribution in [0, 0.1) is 6.92 Å². The molecule has 0 aliphatic heterocycles. The first-order valence-corrected chi connectivity index (χ1v) is 5.63. The maximum atomic E-state index is 11.4. The second-order valence-corrected chi connectivity index (χ2v) is 4.04. The first kappa shape index (κ1) is 12.4. The molecule has 0 unspecified atom stereocenters. The quantitative estimate of drug-likeness (QED) is 0.804. The lowest BCUT2D eigenvalue weighted by atomic mass is 10.4. The van der Waals surface area contributed by atoms with Crippen molar-refractivity contribution < 1.29 is 9.53 Å². The zero-order valence-electron chi connectivity index (χ0n) is 9.59. The Kier molecular flexibility index (Phi) is 3.24. The lowest BCUT2D eigenvalue weighted by molar-refractivity contribution is 0.0586. The van der Waals surface area contributed by atoms with E-state index in [1.807, 2.05) is 0 Å². The third-order valence-corrected chi connectivity index (χ3v) is 2.52. The molecule has 2 rings (SSSR count). The van der Waals surface area contributed by atoms with E-state index >= 15 is 0 Å². The number of nitrogens with zero attached hydrogens (tertiary/aromatic N) is 5. The third kappa shape index (κ3) is 2.30. The van der Waals surface area contributed by atoms with E-state index < -0.39 is 5.97 Å². The second-order valence-electron chi connectivity index (χ2n) is 3.33. The molecule has 18 heavy (non-hydrogen) atoms. The van der Waals surface area contributed by atoms with Crippen LogP contribution in [0.2, 0.25) is 0 Å². The van der Waals surface area contributed by atoms with Crippen molar-refractivity contribution in [3.05, 3.63) is 22.3 Å². The number of rotatable bonds is 2. The van der Waals surface area contributed by atoms with Crippen LogP contribution in [0.5, 0.6) is 0 Å². The molecule has 0 spiro atoms. The van der Waals surface area contributed by atoms with Crippen molar-refractivity contribution in [2.45, 2.75) is 6.92 Å². The summed E-state index contributed by atoms with van der Waals surface area (Å²) < 4.78 is 6.31. The molecular formula is C9H9BrN6O2. The standard InChI is InChI=1S/C9H9BrN6O2/c1-4-3-5(13-6(12-4)7(17)18-2)16-8(10)14-9(11)15-16/h3H,1-2H3,(H2,11,15). The molecule has 0 atom stereocenters. The number of anilines is 1. The van der Waals surface area contributed by atoms with Crippen LogP contribution < -0.4 is 5.73 Å². The monoisotopic (exact) mass is 312 g/mol. The molecule has 2 N–H and O–H groups in total. The first-order valence-electron chi connectivity index (χ1n) is 4.83. The minimum absolute atomic E-state index is 0.0477. The van der Waals surface area contributed by atoms with Gasteiger partial charge in [-0.2, -0.15) is 9.67 Å². The van der Waals surface area contributed by atoms with Gasteiger partial charge in [0.05, 0.1) is 7.11 Å². The van der Waals surface area contributed by atoms with E-state index in [9.17, 15) is 4.79 Å². The number of hydrogen-bond acceptors (Lipinski definition) is 7. The van der Waals surface area contributed by atoms with E-state index in [4.69, 9.17) is 5.73 Å². The van der Waals surface area contributed by atoms with Gasteiger partial charge in [-0.1, -0.05) is 0 Å². The summed E-state index contributed by atoms with van der Waals surface area (Å²) >= 11 is 3.19. The molecule has 2 aromatic rings. The number of aromatic nitrogens is 5. The zero-order valence-corrected chi connectivity index (χ0v) is 11.2. The van der Waals surface area contributed by atoms with Gasteiger partial charge >= 0.3 is 5.97 Å². The lowest BCUT2D eigenvalue weighted by Crippen LogP contribution is -2.12. The topological polar surface area (TPSA) is 109 Å². The van der Waals surface area contributed by atoms with E-state index in [-0.39, 0.29) is 11.8 Å². The molecule has 0 saturated carbocycles. The SMILES string of the molecule is COC(=O)c1nc(C)cc(-n2nc(N)nc2Br)n1. The summed E-state index contributed by atoms with van der Waals surface area (Å²) in [5, 5.41) is 3.94. The Hall–Kier alpha value is -2.03. The Morgan fingerprint density at radius 1 is 1.44 bits per heavy atom. The van der Waals surface area contributed by atoms with Gasteiger partial charge in [0.1, 0.15) is 0 Å². The van der Waals surface area contributed by atoms with Gasteiger partial charge in [0.25, 0.3) is 0 Å².